The number of carbonyl (C=O) groups is 1. The van der Waals surface area contributed by atoms with Crippen LogP contribution in [0.3, 0.4) is 0 Å². The van der Waals surface area contributed by atoms with E-state index in [9.17, 15) is 4.79 Å². The quantitative estimate of drug-likeness (QED) is 0.525. The number of hydrogen-bond donors (Lipinski definition) is 1. The van der Waals surface area contributed by atoms with Crippen LogP contribution < -0.4 is 5.32 Å². The average Bonchev–Trinajstić information content (AvgIpc) is 1.67. The van der Waals surface area contributed by atoms with Crippen LogP contribution in [0.4, 0.5) is 0 Å². The molecule has 0 bridgehead atoms. The fourth-order valence-electron chi connectivity index (χ4n) is 0.216. The average molecular weight is 111 g/mol. The molecule has 2 nitrogen and oxygen atoms in total. The van der Waals surface area contributed by atoms with E-state index in [1.54, 1.807) is 6.92 Å². The van der Waals surface area contributed by atoms with Gasteiger partial charge < -0.3 is 5.32 Å². The number of hydrogen-bond acceptors (Lipinski definition) is 1. The van der Waals surface area contributed by atoms with Crippen LogP contribution in [0.1, 0.15) is 6.92 Å². The third kappa shape index (κ3) is 2.18. The summed E-state index contributed by atoms with van der Waals surface area (Å²) in [5.74, 6) is -0.181. The molecule has 0 aromatic heterocycles. The van der Waals surface area contributed by atoms with Crippen molar-refractivity contribution in [2.75, 3.05) is 0 Å². The number of amides is 1. The monoisotopic (exact) mass is 111 g/mol. The van der Waals surface area contributed by atoms with Crippen molar-refractivity contribution in [2.45, 2.75) is 6.92 Å². The Labute approximate surface area is 48.9 Å². The summed E-state index contributed by atoms with van der Waals surface area (Å²) >= 11 is 0. The minimum absolute atomic E-state index is 0.181. The molecule has 2 heteroatoms. The van der Waals surface area contributed by atoms with Crippen molar-refractivity contribution in [1.29, 1.82) is 0 Å². The predicted molar refractivity (Wildman–Crippen MR) is 33.2 cm³/mol. The Morgan fingerprint density at radius 3 is 2.38 bits per heavy atom. The lowest BCUT2D eigenvalue weighted by molar-refractivity contribution is -0.116. The molecular formula is C6H9NO. The Kier molecular flexibility index (Phi) is 2.62. The smallest absolute Gasteiger partial charge is 0.250 e. The molecule has 0 aliphatic rings. The van der Waals surface area contributed by atoms with Gasteiger partial charge in [-0.25, -0.2) is 0 Å². The van der Waals surface area contributed by atoms with Gasteiger partial charge >= 0.3 is 0 Å². The van der Waals surface area contributed by atoms with Gasteiger partial charge in [-0.05, 0) is 13.1 Å². The number of nitrogens with one attached hydrogen (secondary N) is 1. The Bertz CT molecular complexity index is 126. The second-order valence-electron chi connectivity index (χ2n) is 1.46. The van der Waals surface area contributed by atoms with E-state index >= 15 is 0 Å². The highest BCUT2D eigenvalue weighted by Gasteiger charge is 1.93. The maximum absolute atomic E-state index is 10.5. The SMILES string of the molecule is C=CNC(=O)C(=C)C. The zero-order valence-electron chi connectivity index (χ0n) is 4.90. The van der Waals surface area contributed by atoms with Gasteiger partial charge in [-0.15, -0.1) is 0 Å². The summed E-state index contributed by atoms with van der Waals surface area (Å²) in [7, 11) is 0. The maximum Gasteiger partial charge on any atom is 0.250 e. The van der Waals surface area contributed by atoms with Crippen LogP contribution in [0.15, 0.2) is 24.9 Å². The van der Waals surface area contributed by atoms with Crippen LogP contribution in [0.2, 0.25) is 0 Å². The Hall–Kier alpha value is -1.05. The summed E-state index contributed by atoms with van der Waals surface area (Å²) < 4.78 is 0. The first-order valence-corrected chi connectivity index (χ1v) is 2.25. The second kappa shape index (κ2) is 3.02. The number of carbonyl (C=O) groups excluding carboxylic acids is 1. The van der Waals surface area contributed by atoms with Gasteiger partial charge in [0.2, 0.25) is 5.91 Å². The molecule has 1 amide bonds. The molecule has 0 radical (unpaired) electrons. The molecule has 0 aromatic carbocycles. The molecule has 0 saturated heterocycles. The summed E-state index contributed by atoms with van der Waals surface area (Å²) in [6.45, 7) is 8.36. The highest BCUT2D eigenvalue weighted by atomic mass is 16.1. The third-order valence-electron chi connectivity index (χ3n) is 0.621. The van der Waals surface area contributed by atoms with E-state index in [1.165, 1.54) is 6.20 Å². The fourth-order valence-corrected chi connectivity index (χ4v) is 0.216. The lowest BCUT2D eigenvalue weighted by Crippen LogP contribution is -2.16. The number of rotatable bonds is 2. The van der Waals surface area contributed by atoms with Crippen molar-refractivity contribution in [3.8, 4) is 0 Å². The van der Waals surface area contributed by atoms with Gasteiger partial charge in [-0.3, -0.25) is 4.79 Å². The molecule has 0 atom stereocenters. The van der Waals surface area contributed by atoms with Gasteiger partial charge in [0, 0.05) is 5.57 Å². The molecule has 0 fully saturated rings. The van der Waals surface area contributed by atoms with Gasteiger partial charge in [-0.2, -0.15) is 0 Å². The van der Waals surface area contributed by atoms with Gasteiger partial charge in [0.1, 0.15) is 0 Å². The predicted octanol–water partition coefficient (Wildman–Crippen LogP) is 0.822. The second-order valence-corrected chi connectivity index (χ2v) is 1.46. The molecule has 1 N–H and O–H groups in total. The zero-order chi connectivity index (χ0) is 6.57. The largest absolute Gasteiger partial charge is 0.330 e. The Balaban J connectivity index is 3.65. The van der Waals surface area contributed by atoms with Gasteiger partial charge in [-0.1, -0.05) is 13.2 Å². The lowest BCUT2D eigenvalue weighted by Gasteiger charge is -1.93. The van der Waals surface area contributed by atoms with E-state index in [1.807, 2.05) is 0 Å². The first-order chi connectivity index (χ1) is 3.68. The van der Waals surface area contributed by atoms with Crippen LogP contribution in [-0.4, -0.2) is 5.91 Å². The highest BCUT2D eigenvalue weighted by Crippen LogP contribution is 1.83. The minimum Gasteiger partial charge on any atom is -0.330 e. The van der Waals surface area contributed by atoms with Crippen molar-refractivity contribution < 1.29 is 4.79 Å². The summed E-state index contributed by atoms with van der Waals surface area (Å²) in [6, 6.07) is 0. The maximum atomic E-state index is 10.5. The topological polar surface area (TPSA) is 29.1 Å². The summed E-state index contributed by atoms with van der Waals surface area (Å²) in [4.78, 5) is 10.5. The molecule has 0 aromatic rings. The fraction of sp³-hybridized carbons (Fsp3) is 0.167. The molecule has 0 aliphatic carbocycles. The molecule has 0 unspecified atom stereocenters. The zero-order valence-corrected chi connectivity index (χ0v) is 4.90. The lowest BCUT2D eigenvalue weighted by atomic mass is 10.3. The molecule has 0 saturated carbocycles. The van der Waals surface area contributed by atoms with E-state index in [0.717, 1.165) is 0 Å². The van der Waals surface area contributed by atoms with E-state index in [4.69, 9.17) is 0 Å². The molecule has 44 valence electrons. The Morgan fingerprint density at radius 1 is 1.75 bits per heavy atom. The summed E-state index contributed by atoms with van der Waals surface area (Å²) in [5.41, 5.74) is 0.491. The van der Waals surface area contributed by atoms with E-state index in [-0.39, 0.29) is 5.91 Å². The molecule has 0 spiro atoms. The first kappa shape index (κ1) is 6.95. The van der Waals surface area contributed by atoms with Crippen LogP contribution in [0.25, 0.3) is 0 Å². The Morgan fingerprint density at radius 2 is 2.25 bits per heavy atom. The van der Waals surface area contributed by atoms with Crippen molar-refractivity contribution in [2.24, 2.45) is 0 Å². The van der Waals surface area contributed by atoms with E-state index in [0.29, 0.717) is 5.57 Å². The molecular weight excluding hydrogens is 102 g/mol. The van der Waals surface area contributed by atoms with Crippen molar-refractivity contribution in [3.63, 3.8) is 0 Å². The van der Waals surface area contributed by atoms with Crippen molar-refractivity contribution >= 4 is 5.91 Å². The van der Waals surface area contributed by atoms with Gasteiger partial charge in [0.15, 0.2) is 0 Å². The third-order valence-corrected chi connectivity index (χ3v) is 0.621. The van der Waals surface area contributed by atoms with Crippen LogP contribution in [0, 0.1) is 0 Å². The van der Waals surface area contributed by atoms with E-state index in [2.05, 4.69) is 18.5 Å². The van der Waals surface area contributed by atoms with Crippen LogP contribution >= 0.6 is 0 Å². The first-order valence-electron chi connectivity index (χ1n) is 2.25. The molecule has 0 rings (SSSR count). The van der Waals surface area contributed by atoms with Crippen LogP contribution in [-0.2, 0) is 4.79 Å². The normalized spacial score (nSPS) is 7.62. The van der Waals surface area contributed by atoms with Crippen molar-refractivity contribution in [3.05, 3.63) is 24.9 Å². The van der Waals surface area contributed by atoms with E-state index < -0.39 is 0 Å². The summed E-state index contributed by atoms with van der Waals surface area (Å²) in [6.07, 6.45) is 1.33. The summed E-state index contributed by atoms with van der Waals surface area (Å²) in [5, 5.41) is 2.37. The van der Waals surface area contributed by atoms with Gasteiger partial charge in [0.25, 0.3) is 0 Å². The molecule has 8 heavy (non-hydrogen) atoms. The molecule has 0 heterocycles. The molecule has 0 aliphatic heterocycles. The van der Waals surface area contributed by atoms with Crippen molar-refractivity contribution in [1.82, 2.24) is 5.32 Å². The van der Waals surface area contributed by atoms with Crippen LogP contribution in [0.5, 0.6) is 0 Å². The standard InChI is InChI=1S/C6H9NO/c1-4-7-6(8)5(2)3/h4H,1-2H2,3H3,(H,7,8). The minimum atomic E-state index is -0.181. The highest BCUT2D eigenvalue weighted by molar-refractivity contribution is 5.92. The van der Waals surface area contributed by atoms with Gasteiger partial charge in [0.05, 0.1) is 0 Å².